The van der Waals surface area contributed by atoms with Crippen molar-refractivity contribution in [1.29, 1.82) is 0 Å². The van der Waals surface area contributed by atoms with Crippen LogP contribution in [0.25, 0.3) is 0 Å². The molecule has 114 valence electrons. The van der Waals surface area contributed by atoms with Gasteiger partial charge in [-0.2, -0.15) is 0 Å². The van der Waals surface area contributed by atoms with E-state index in [-0.39, 0.29) is 11.0 Å². The molecule has 0 aromatic carbocycles. The monoisotopic (exact) mass is 287 g/mol. The predicted molar refractivity (Wildman–Crippen MR) is 82.5 cm³/mol. The van der Waals surface area contributed by atoms with Crippen molar-refractivity contribution in [3.63, 3.8) is 0 Å². The van der Waals surface area contributed by atoms with Crippen molar-refractivity contribution in [2.75, 3.05) is 26.7 Å². The van der Waals surface area contributed by atoms with Crippen LogP contribution in [0.5, 0.6) is 0 Å². The van der Waals surface area contributed by atoms with Crippen LogP contribution in [-0.4, -0.2) is 41.9 Å². The predicted octanol–water partition coefficient (Wildman–Crippen LogP) is 1.99. The number of carbonyl (C=O) groups excluding carboxylic acids is 1. The molecule has 1 aliphatic carbocycles. The third-order valence-electron chi connectivity index (χ3n) is 6.06. The van der Waals surface area contributed by atoms with Crippen LogP contribution in [0.2, 0.25) is 0 Å². The molecule has 0 amide bonds. The Labute approximate surface area is 126 Å². The standard InChI is InChI=1S/C17H25N3O/c1-16(5-6-16)15(21)13-3-4-14-17(7-9-18-10-8-17)19(2)11-12-20(13)14/h3-4,18H,5-12H2,1-2H3. The molecule has 0 bridgehead atoms. The smallest absolute Gasteiger partial charge is 0.185 e. The van der Waals surface area contributed by atoms with Crippen molar-refractivity contribution in [1.82, 2.24) is 14.8 Å². The molecule has 1 saturated carbocycles. The van der Waals surface area contributed by atoms with E-state index in [1.54, 1.807) is 0 Å². The van der Waals surface area contributed by atoms with Gasteiger partial charge in [0.05, 0.1) is 11.2 Å². The summed E-state index contributed by atoms with van der Waals surface area (Å²) in [6.45, 7) is 6.24. The van der Waals surface area contributed by atoms with Crippen LogP contribution in [0.4, 0.5) is 0 Å². The SMILES string of the molecule is CN1CCn2c(C(=O)C3(C)CC3)ccc2C12CCNCC2. The first-order valence-corrected chi connectivity index (χ1v) is 8.24. The number of piperidine rings is 1. The van der Waals surface area contributed by atoms with Crippen molar-refractivity contribution in [3.8, 4) is 0 Å². The number of nitrogens with zero attached hydrogens (tertiary/aromatic N) is 2. The zero-order chi connectivity index (χ0) is 14.7. The number of likely N-dealkylation sites (N-methyl/N-ethyl adjacent to an activating group) is 1. The quantitative estimate of drug-likeness (QED) is 0.845. The molecule has 1 aromatic heterocycles. The summed E-state index contributed by atoms with van der Waals surface area (Å²) < 4.78 is 2.33. The first-order chi connectivity index (χ1) is 10.1. The summed E-state index contributed by atoms with van der Waals surface area (Å²) in [5, 5.41) is 3.47. The molecule has 2 aliphatic heterocycles. The van der Waals surface area contributed by atoms with E-state index in [1.165, 1.54) is 5.69 Å². The first kappa shape index (κ1) is 13.5. The topological polar surface area (TPSA) is 37.3 Å². The highest BCUT2D eigenvalue weighted by molar-refractivity contribution is 6.01. The molecule has 1 saturated heterocycles. The van der Waals surface area contributed by atoms with Crippen molar-refractivity contribution in [2.24, 2.45) is 5.41 Å². The van der Waals surface area contributed by atoms with Crippen molar-refractivity contribution < 1.29 is 4.79 Å². The number of fused-ring (bicyclic) bond motifs is 2. The van der Waals surface area contributed by atoms with Crippen molar-refractivity contribution in [2.45, 2.75) is 44.7 Å². The van der Waals surface area contributed by atoms with Gasteiger partial charge in [0.15, 0.2) is 5.78 Å². The Bertz CT molecular complexity index is 579. The lowest BCUT2D eigenvalue weighted by atomic mass is 9.82. The molecule has 3 aliphatic rings. The van der Waals surface area contributed by atoms with Gasteiger partial charge in [-0.3, -0.25) is 9.69 Å². The Hall–Kier alpha value is -1.13. The molecule has 4 nitrogen and oxygen atoms in total. The van der Waals surface area contributed by atoms with Crippen LogP contribution in [0, 0.1) is 5.41 Å². The molecule has 1 spiro atoms. The van der Waals surface area contributed by atoms with Gasteiger partial charge in [0.2, 0.25) is 0 Å². The summed E-state index contributed by atoms with van der Waals surface area (Å²) in [7, 11) is 2.24. The van der Waals surface area contributed by atoms with Crippen molar-refractivity contribution in [3.05, 3.63) is 23.5 Å². The summed E-state index contributed by atoms with van der Waals surface area (Å²) in [5.74, 6) is 0.363. The lowest BCUT2D eigenvalue weighted by Gasteiger charge is -2.48. The van der Waals surface area contributed by atoms with Gasteiger partial charge in [0.25, 0.3) is 0 Å². The molecule has 1 aromatic rings. The van der Waals surface area contributed by atoms with Gasteiger partial charge in [0.1, 0.15) is 0 Å². The zero-order valence-electron chi connectivity index (χ0n) is 13.1. The Balaban J connectivity index is 1.76. The maximum absolute atomic E-state index is 12.8. The van der Waals surface area contributed by atoms with Crippen LogP contribution < -0.4 is 5.32 Å². The molecule has 0 atom stereocenters. The van der Waals surface area contributed by atoms with Crippen LogP contribution in [-0.2, 0) is 12.1 Å². The normalized spacial score (nSPS) is 26.6. The average molecular weight is 287 g/mol. The fourth-order valence-corrected chi connectivity index (χ4v) is 4.17. The number of hydrogen-bond donors (Lipinski definition) is 1. The van der Waals surface area contributed by atoms with Crippen LogP contribution >= 0.6 is 0 Å². The van der Waals surface area contributed by atoms with E-state index in [2.05, 4.69) is 40.9 Å². The van der Waals surface area contributed by atoms with Gasteiger partial charge >= 0.3 is 0 Å². The van der Waals surface area contributed by atoms with E-state index in [0.29, 0.717) is 5.78 Å². The minimum atomic E-state index is -0.0697. The fraction of sp³-hybridized carbons (Fsp3) is 0.706. The van der Waals surface area contributed by atoms with E-state index in [4.69, 9.17) is 0 Å². The minimum absolute atomic E-state index is 0.0697. The molecule has 21 heavy (non-hydrogen) atoms. The summed E-state index contributed by atoms with van der Waals surface area (Å²) in [6.07, 6.45) is 4.39. The van der Waals surface area contributed by atoms with E-state index in [9.17, 15) is 4.79 Å². The summed E-state index contributed by atoms with van der Waals surface area (Å²) in [5.41, 5.74) is 2.38. The van der Waals surface area contributed by atoms with Gasteiger partial charge in [-0.1, -0.05) is 6.92 Å². The first-order valence-electron chi connectivity index (χ1n) is 8.24. The second-order valence-corrected chi connectivity index (χ2v) is 7.35. The summed E-state index contributed by atoms with van der Waals surface area (Å²) in [4.78, 5) is 15.3. The number of nitrogens with one attached hydrogen (secondary N) is 1. The molecule has 0 unspecified atom stereocenters. The van der Waals surface area contributed by atoms with Gasteiger partial charge < -0.3 is 9.88 Å². The fourth-order valence-electron chi connectivity index (χ4n) is 4.17. The molecule has 0 radical (unpaired) electrons. The third-order valence-corrected chi connectivity index (χ3v) is 6.06. The number of carbonyl (C=O) groups is 1. The van der Waals surface area contributed by atoms with Gasteiger partial charge in [0, 0.05) is 24.2 Å². The maximum Gasteiger partial charge on any atom is 0.185 e. The molecule has 2 fully saturated rings. The zero-order valence-corrected chi connectivity index (χ0v) is 13.1. The van der Waals surface area contributed by atoms with E-state index in [1.807, 2.05) is 0 Å². The Kier molecular flexibility index (Phi) is 2.86. The van der Waals surface area contributed by atoms with Gasteiger partial charge in [-0.15, -0.1) is 0 Å². The molecular weight excluding hydrogens is 262 g/mol. The highest BCUT2D eigenvalue weighted by Gasteiger charge is 2.48. The number of rotatable bonds is 2. The molecule has 4 rings (SSSR count). The van der Waals surface area contributed by atoms with Crippen LogP contribution in [0.3, 0.4) is 0 Å². The van der Waals surface area contributed by atoms with Crippen molar-refractivity contribution >= 4 is 5.78 Å². The Morgan fingerprint density at radius 2 is 1.86 bits per heavy atom. The lowest BCUT2D eigenvalue weighted by Crippen LogP contribution is -2.55. The van der Waals surface area contributed by atoms with E-state index < -0.39 is 0 Å². The van der Waals surface area contributed by atoms with Gasteiger partial charge in [-0.25, -0.2) is 0 Å². The lowest BCUT2D eigenvalue weighted by molar-refractivity contribution is 0.0470. The highest BCUT2D eigenvalue weighted by atomic mass is 16.1. The second-order valence-electron chi connectivity index (χ2n) is 7.35. The molecular formula is C17H25N3O. The third kappa shape index (κ3) is 1.85. The number of hydrogen-bond acceptors (Lipinski definition) is 3. The average Bonchev–Trinajstić information content (AvgIpc) is 3.11. The summed E-state index contributed by atoms with van der Waals surface area (Å²) >= 11 is 0. The highest BCUT2D eigenvalue weighted by Crippen LogP contribution is 2.48. The molecule has 1 N–H and O–H groups in total. The maximum atomic E-state index is 12.8. The number of ketones is 1. The Morgan fingerprint density at radius 1 is 1.14 bits per heavy atom. The summed E-state index contributed by atoms with van der Waals surface area (Å²) in [6, 6.07) is 4.31. The number of aromatic nitrogens is 1. The second kappa shape index (κ2) is 4.43. The van der Waals surface area contributed by atoms with Crippen LogP contribution in [0.15, 0.2) is 12.1 Å². The molecule has 3 heterocycles. The Morgan fingerprint density at radius 3 is 2.52 bits per heavy atom. The van der Waals surface area contributed by atoms with E-state index >= 15 is 0 Å². The number of Topliss-reactive ketones (excluding diaryl/α,β-unsaturated/α-hetero) is 1. The largest absolute Gasteiger partial charge is 0.339 e. The molecule has 4 heteroatoms. The van der Waals surface area contributed by atoms with Gasteiger partial charge in [-0.05, 0) is 58.0 Å². The minimum Gasteiger partial charge on any atom is -0.339 e. The van der Waals surface area contributed by atoms with E-state index in [0.717, 1.165) is 57.6 Å². The van der Waals surface area contributed by atoms with Crippen LogP contribution in [0.1, 0.15) is 48.8 Å².